The SMILES string of the molecule is COc1ccccc1C(=O)NCCc1coc2ccccc12. The lowest BCUT2D eigenvalue weighted by Crippen LogP contribution is -2.26. The fraction of sp³-hybridized carbons (Fsp3) is 0.167. The van der Waals surface area contributed by atoms with E-state index in [0.29, 0.717) is 17.9 Å². The first-order valence-electron chi connectivity index (χ1n) is 7.16. The molecule has 0 aliphatic carbocycles. The minimum absolute atomic E-state index is 0.134. The smallest absolute Gasteiger partial charge is 0.255 e. The van der Waals surface area contributed by atoms with Gasteiger partial charge in [0.25, 0.3) is 5.91 Å². The predicted molar refractivity (Wildman–Crippen MR) is 85.2 cm³/mol. The number of methoxy groups -OCH3 is 1. The molecule has 0 saturated heterocycles. The van der Waals surface area contributed by atoms with Crippen molar-refractivity contribution < 1.29 is 13.9 Å². The molecule has 0 aliphatic rings. The molecule has 4 heteroatoms. The van der Waals surface area contributed by atoms with E-state index in [2.05, 4.69) is 5.32 Å². The molecule has 0 bridgehead atoms. The first-order chi connectivity index (χ1) is 10.8. The Bertz CT molecular complexity index is 792. The van der Waals surface area contributed by atoms with E-state index in [1.165, 1.54) is 0 Å². The number of amides is 1. The lowest BCUT2D eigenvalue weighted by molar-refractivity contribution is 0.0951. The number of furan rings is 1. The predicted octanol–water partition coefficient (Wildman–Crippen LogP) is 3.41. The van der Waals surface area contributed by atoms with Crippen LogP contribution >= 0.6 is 0 Å². The average Bonchev–Trinajstić information content (AvgIpc) is 2.98. The number of ether oxygens (including phenoxy) is 1. The van der Waals surface area contributed by atoms with E-state index in [1.807, 2.05) is 36.4 Å². The summed E-state index contributed by atoms with van der Waals surface area (Å²) in [6.07, 6.45) is 2.47. The summed E-state index contributed by atoms with van der Waals surface area (Å²) in [5.74, 6) is 0.444. The van der Waals surface area contributed by atoms with Gasteiger partial charge < -0.3 is 14.5 Å². The summed E-state index contributed by atoms with van der Waals surface area (Å²) in [7, 11) is 1.56. The summed E-state index contributed by atoms with van der Waals surface area (Å²) in [6, 6.07) is 15.1. The highest BCUT2D eigenvalue weighted by Crippen LogP contribution is 2.21. The Morgan fingerprint density at radius 1 is 1.14 bits per heavy atom. The fourth-order valence-corrected chi connectivity index (χ4v) is 2.46. The Kier molecular flexibility index (Phi) is 4.10. The van der Waals surface area contributed by atoms with Crippen LogP contribution in [0.4, 0.5) is 0 Å². The molecule has 0 saturated carbocycles. The summed E-state index contributed by atoms with van der Waals surface area (Å²) in [6.45, 7) is 0.542. The summed E-state index contributed by atoms with van der Waals surface area (Å²) in [4.78, 5) is 12.2. The monoisotopic (exact) mass is 295 g/mol. The van der Waals surface area contributed by atoms with Crippen molar-refractivity contribution in [3.63, 3.8) is 0 Å². The maximum Gasteiger partial charge on any atom is 0.255 e. The van der Waals surface area contributed by atoms with E-state index >= 15 is 0 Å². The van der Waals surface area contributed by atoms with Crippen LogP contribution in [-0.4, -0.2) is 19.6 Å². The van der Waals surface area contributed by atoms with E-state index in [4.69, 9.17) is 9.15 Å². The van der Waals surface area contributed by atoms with Crippen molar-refractivity contribution in [2.24, 2.45) is 0 Å². The molecule has 3 aromatic rings. The number of rotatable bonds is 5. The van der Waals surface area contributed by atoms with E-state index in [1.54, 1.807) is 25.5 Å². The molecule has 112 valence electrons. The van der Waals surface area contributed by atoms with E-state index in [9.17, 15) is 4.79 Å². The van der Waals surface area contributed by atoms with Crippen LogP contribution in [0, 0.1) is 0 Å². The molecule has 4 nitrogen and oxygen atoms in total. The number of hydrogen-bond donors (Lipinski definition) is 1. The van der Waals surface area contributed by atoms with Crippen molar-refractivity contribution in [2.75, 3.05) is 13.7 Å². The van der Waals surface area contributed by atoms with Crippen molar-refractivity contribution in [1.29, 1.82) is 0 Å². The summed E-state index contributed by atoms with van der Waals surface area (Å²) in [5.41, 5.74) is 2.51. The summed E-state index contributed by atoms with van der Waals surface area (Å²) in [5, 5.41) is 4.01. The molecule has 3 rings (SSSR count). The maximum atomic E-state index is 12.2. The number of hydrogen-bond acceptors (Lipinski definition) is 3. The molecule has 2 aromatic carbocycles. The van der Waals surface area contributed by atoms with Gasteiger partial charge in [0.1, 0.15) is 11.3 Å². The van der Waals surface area contributed by atoms with Gasteiger partial charge >= 0.3 is 0 Å². The van der Waals surface area contributed by atoms with Crippen molar-refractivity contribution in [3.05, 3.63) is 65.9 Å². The first-order valence-corrected chi connectivity index (χ1v) is 7.16. The highest BCUT2D eigenvalue weighted by Gasteiger charge is 2.11. The summed E-state index contributed by atoms with van der Waals surface area (Å²) >= 11 is 0. The molecule has 1 amide bonds. The molecule has 0 radical (unpaired) electrons. The molecule has 0 atom stereocenters. The van der Waals surface area contributed by atoms with Crippen molar-refractivity contribution in [2.45, 2.75) is 6.42 Å². The van der Waals surface area contributed by atoms with Gasteiger partial charge in [-0.3, -0.25) is 4.79 Å². The molecule has 1 N–H and O–H groups in total. The number of para-hydroxylation sites is 2. The molecular formula is C18H17NO3. The van der Waals surface area contributed by atoms with Crippen molar-refractivity contribution in [1.82, 2.24) is 5.32 Å². The number of nitrogens with one attached hydrogen (secondary N) is 1. The third kappa shape index (κ3) is 2.81. The second-order valence-corrected chi connectivity index (χ2v) is 4.96. The molecule has 0 spiro atoms. The number of fused-ring (bicyclic) bond motifs is 1. The Morgan fingerprint density at radius 3 is 2.77 bits per heavy atom. The molecule has 1 heterocycles. The van der Waals surface area contributed by atoms with Crippen molar-refractivity contribution in [3.8, 4) is 5.75 Å². The van der Waals surface area contributed by atoms with Crippen LogP contribution in [0.25, 0.3) is 11.0 Å². The maximum absolute atomic E-state index is 12.2. The Labute approximate surface area is 128 Å². The van der Waals surface area contributed by atoms with E-state index in [-0.39, 0.29) is 5.91 Å². The molecule has 0 fully saturated rings. The van der Waals surface area contributed by atoms with Crippen LogP contribution in [0.3, 0.4) is 0 Å². The van der Waals surface area contributed by atoms with Gasteiger partial charge in [0, 0.05) is 11.9 Å². The standard InChI is InChI=1S/C18H17NO3/c1-21-16-8-4-3-7-15(16)18(20)19-11-10-13-12-22-17-9-5-2-6-14(13)17/h2-9,12H,10-11H2,1H3,(H,19,20). The summed E-state index contributed by atoms with van der Waals surface area (Å²) < 4.78 is 10.7. The van der Waals surface area contributed by atoms with Crippen LogP contribution in [0.5, 0.6) is 5.75 Å². The minimum Gasteiger partial charge on any atom is -0.496 e. The minimum atomic E-state index is -0.134. The van der Waals surface area contributed by atoms with E-state index in [0.717, 1.165) is 23.0 Å². The Balaban J connectivity index is 1.64. The largest absolute Gasteiger partial charge is 0.496 e. The Morgan fingerprint density at radius 2 is 1.91 bits per heavy atom. The molecular weight excluding hydrogens is 278 g/mol. The Hall–Kier alpha value is -2.75. The van der Waals surface area contributed by atoms with Crippen LogP contribution < -0.4 is 10.1 Å². The highest BCUT2D eigenvalue weighted by molar-refractivity contribution is 5.96. The lowest BCUT2D eigenvalue weighted by Gasteiger charge is -2.08. The molecule has 0 unspecified atom stereocenters. The first kappa shape index (κ1) is 14.2. The topological polar surface area (TPSA) is 51.5 Å². The van der Waals surface area contributed by atoms with Gasteiger partial charge in [0.05, 0.1) is 18.9 Å². The highest BCUT2D eigenvalue weighted by atomic mass is 16.5. The molecule has 1 aromatic heterocycles. The third-order valence-electron chi connectivity index (χ3n) is 3.59. The van der Waals surface area contributed by atoms with Crippen LogP contribution in [0.1, 0.15) is 15.9 Å². The van der Waals surface area contributed by atoms with Gasteiger partial charge in [0.2, 0.25) is 0 Å². The average molecular weight is 295 g/mol. The lowest BCUT2D eigenvalue weighted by atomic mass is 10.1. The number of benzene rings is 2. The van der Waals surface area contributed by atoms with Crippen LogP contribution in [-0.2, 0) is 6.42 Å². The fourth-order valence-electron chi connectivity index (χ4n) is 2.46. The van der Waals surface area contributed by atoms with Gasteiger partial charge in [0.15, 0.2) is 0 Å². The van der Waals surface area contributed by atoms with Crippen LogP contribution in [0.2, 0.25) is 0 Å². The number of carbonyl (C=O) groups excluding carboxylic acids is 1. The zero-order valence-electron chi connectivity index (χ0n) is 12.3. The second-order valence-electron chi connectivity index (χ2n) is 4.96. The normalized spacial score (nSPS) is 10.6. The van der Waals surface area contributed by atoms with Gasteiger partial charge in [-0.15, -0.1) is 0 Å². The molecule has 0 aliphatic heterocycles. The van der Waals surface area contributed by atoms with Crippen molar-refractivity contribution >= 4 is 16.9 Å². The van der Waals surface area contributed by atoms with Crippen LogP contribution in [0.15, 0.2) is 59.2 Å². The van der Waals surface area contributed by atoms with E-state index < -0.39 is 0 Å². The number of carbonyl (C=O) groups is 1. The third-order valence-corrected chi connectivity index (χ3v) is 3.59. The van der Waals surface area contributed by atoms with Gasteiger partial charge in [-0.05, 0) is 30.2 Å². The van der Waals surface area contributed by atoms with Gasteiger partial charge in [-0.2, -0.15) is 0 Å². The van der Waals surface area contributed by atoms with Gasteiger partial charge in [-0.25, -0.2) is 0 Å². The zero-order valence-corrected chi connectivity index (χ0v) is 12.3. The quantitative estimate of drug-likeness (QED) is 0.784. The second kappa shape index (κ2) is 6.35. The van der Waals surface area contributed by atoms with Gasteiger partial charge in [-0.1, -0.05) is 30.3 Å². The molecule has 22 heavy (non-hydrogen) atoms. The zero-order chi connectivity index (χ0) is 15.4.